The van der Waals surface area contributed by atoms with Crippen LogP contribution in [0.2, 0.25) is 0 Å². The predicted octanol–water partition coefficient (Wildman–Crippen LogP) is 5.01. The summed E-state index contributed by atoms with van der Waals surface area (Å²) in [6, 6.07) is 16.6. The van der Waals surface area contributed by atoms with E-state index in [4.69, 9.17) is 4.98 Å². The van der Waals surface area contributed by atoms with Crippen LogP contribution in [0.1, 0.15) is 31.7 Å². The number of hydrogen-bond acceptors (Lipinski definition) is 4. The standard InChI is InChI=1S/C22H25N3OS/c1-2-17-10-12-18(13-11-17)25(16-21(26)24-14-6-3-7-15-24)22-23-19-8-4-5-9-20(19)27-22/h4-5,8-13H,2-3,6-7,14-16H2,1H3. The number of thiazole rings is 1. The van der Waals surface area contributed by atoms with Gasteiger partial charge >= 0.3 is 0 Å². The molecular formula is C22H25N3OS. The van der Waals surface area contributed by atoms with E-state index in [-0.39, 0.29) is 5.91 Å². The van der Waals surface area contributed by atoms with Crippen LogP contribution in [0.3, 0.4) is 0 Å². The molecule has 1 amide bonds. The Morgan fingerprint density at radius 2 is 1.81 bits per heavy atom. The summed E-state index contributed by atoms with van der Waals surface area (Å²) < 4.78 is 1.15. The summed E-state index contributed by atoms with van der Waals surface area (Å²) in [5.41, 5.74) is 3.31. The lowest BCUT2D eigenvalue weighted by molar-refractivity contribution is -0.130. The minimum Gasteiger partial charge on any atom is -0.341 e. The second-order valence-electron chi connectivity index (χ2n) is 7.01. The largest absolute Gasteiger partial charge is 0.341 e. The molecule has 1 saturated heterocycles. The second kappa shape index (κ2) is 8.09. The SMILES string of the molecule is CCc1ccc(N(CC(=O)N2CCCCC2)c2nc3ccccc3s2)cc1. The fourth-order valence-electron chi connectivity index (χ4n) is 3.54. The summed E-state index contributed by atoms with van der Waals surface area (Å²) in [6.45, 7) is 4.24. The number of amides is 1. The summed E-state index contributed by atoms with van der Waals surface area (Å²) in [5.74, 6) is 0.188. The molecule has 4 rings (SSSR count). The molecule has 0 unspecified atom stereocenters. The van der Waals surface area contributed by atoms with Crippen molar-refractivity contribution in [3.05, 3.63) is 54.1 Å². The Morgan fingerprint density at radius 1 is 1.07 bits per heavy atom. The molecule has 2 aromatic carbocycles. The van der Waals surface area contributed by atoms with Gasteiger partial charge in [-0.1, -0.05) is 42.5 Å². The van der Waals surface area contributed by atoms with Crippen molar-refractivity contribution in [2.24, 2.45) is 0 Å². The van der Waals surface area contributed by atoms with Gasteiger partial charge in [-0.25, -0.2) is 4.98 Å². The quantitative estimate of drug-likeness (QED) is 0.625. The molecule has 0 spiro atoms. The molecule has 0 bridgehead atoms. The van der Waals surface area contributed by atoms with Gasteiger partial charge in [0.05, 0.1) is 10.2 Å². The molecule has 1 fully saturated rings. The monoisotopic (exact) mass is 379 g/mol. The molecule has 0 atom stereocenters. The van der Waals surface area contributed by atoms with Crippen LogP contribution in [-0.2, 0) is 11.2 Å². The number of likely N-dealkylation sites (tertiary alicyclic amines) is 1. The normalized spacial score (nSPS) is 14.5. The topological polar surface area (TPSA) is 36.4 Å². The number of benzene rings is 2. The number of aromatic nitrogens is 1. The van der Waals surface area contributed by atoms with E-state index in [1.54, 1.807) is 11.3 Å². The molecule has 0 N–H and O–H groups in total. The van der Waals surface area contributed by atoms with Crippen LogP contribution in [0.5, 0.6) is 0 Å². The summed E-state index contributed by atoms with van der Waals surface area (Å²) in [5, 5.41) is 0.880. The molecule has 1 aromatic heterocycles. The molecular weight excluding hydrogens is 354 g/mol. The minimum atomic E-state index is 0.188. The lowest BCUT2D eigenvalue weighted by atomic mass is 10.1. The molecule has 140 valence electrons. The van der Waals surface area contributed by atoms with Crippen molar-refractivity contribution in [2.75, 3.05) is 24.5 Å². The minimum absolute atomic E-state index is 0.188. The molecule has 1 aliphatic rings. The highest BCUT2D eigenvalue weighted by Crippen LogP contribution is 2.33. The highest BCUT2D eigenvalue weighted by Gasteiger charge is 2.22. The molecule has 27 heavy (non-hydrogen) atoms. The van der Waals surface area contributed by atoms with Crippen molar-refractivity contribution in [3.8, 4) is 0 Å². The summed E-state index contributed by atoms with van der Waals surface area (Å²) in [6.07, 6.45) is 4.45. The number of aryl methyl sites for hydroxylation is 1. The van der Waals surface area contributed by atoms with Crippen LogP contribution >= 0.6 is 11.3 Å². The van der Waals surface area contributed by atoms with Gasteiger partial charge in [0, 0.05) is 18.8 Å². The summed E-state index contributed by atoms with van der Waals surface area (Å²) in [4.78, 5) is 21.8. The van der Waals surface area contributed by atoms with Gasteiger partial charge in [0.15, 0.2) is 5.13 Å². The van der Waals surface area contributed by atoms with Crippen LogP contribution < -0.4 is 4.90 Å². The molecule has 0 saturated carbocycles. The number of fused-ring (bicyclic) bond motifs is 1. The van der Waals surface area contributed by atoms with Gasteiger partial charge in [0.25, 0.3) is 0 Å². The maximum absolute atomic E-state index is 13.0. The van der Waals surface area contributed by atoms with Crippen LogP contribution in [0, 0.1) is 0 Å². The predicted molar refractivity (Wildman–Crippen MR) is 113 cm³/mol. The first-order chi connectivity index (χ1) is 13.2. The van der Waals surface area contributed by atoms with Crippen molar-refractivity contribution in [1.82, 2.24) is 9.88 Å². The van der Waals surface area contributed by atoms with Crippen molar-refractivity contribution in [1.29, 1.82) is 0 Å². The van der Waals surface area contributed by atoms with E-state index in [1.807, 2.05) is 23.1 Å². The Hall–Kier alpha value is -2.40. The first kappa shape index (κ1) is 18.0. The van der Waals surface area contributed by atoms with Crippen molar-refractivity contribution in [3.63, 3.8) is 0 Å². The molecule has 2 heterocycles. The number of para-hydroxylation sites is 1. The Morgan fingerprint density at radius 3 is 2.52 bits per heavy atom. The second-order valence-corrected chi connectivity index (χ2v) is 8.02. The third-order valence-corrected chi connectivity index (χ3v) is 6.23. The fourth-order valence-corrected chi connectivity index (χ4v) is 4.52. The van der Waals surface area contributed by atoms with Gasteiger partial charge in [0.2, 0.25) is 5.91 Å². The van der Waals surface area contributed by atoms with Gasteiger partial charge in [-0.15, -0.1) is 0 Å². The Bertz CT molecular complexity index is 880. The third-order valence-electron chi connectivity index (χ3n) is 5.17. The molecule has 0 radical (unpaired) electrons. The molecule has 4 nitrogen and oxygen atoms in total. The van der Waals surface area contributed by atoms with Crippen LogP contribution in [0.25, 0.3) is 10.2 Å². The first-order valence-electron chi connectivity index (χ1n) is 9.74. The maximum atomic E-state index is 13.0. The number of carbonyl (C=O) groups is 1. The van der Waals surface area contributed by atoms with Crippen LogP contribution in [0.4, 0.5) is 10.8 Å². The van der Waals surface area contributed by atoms with Crippen molar-refractivity contribution < 1.29 is 4.79 Å². The average Bonchev–Trinajstić information content (AvgIpc) is 3.16. The number of piperidine rings is 1. The maximum Gasteiger partial charge on any atom is 0.242 e. The number of hydrogen-bond donors (Lipinski definition) is 0. The van der Waals surface area contributed by atoms with E-state index in [1.165, 1.54) is 12.0 Å². The van der Waals surface area contributed by atoms with Gasteiger partial charge in [-0.3, -0.25) is 4.79 Å². The van der Waals surface area contributed by atoms with E-state index in [2.05, 4.69) is 42.2 Å². The van der Waals surface area contributed by atoms with Gasteiger partial charge in [0.1, 0.15) is 6.54 Å². The zero-order valence-corrected chi connectivity index (χ0v) is 16.5. The summed E-state index contributed by atoms with van der Waals surface area (Å²) >= 11 is 1.64. The number of nitrogens with zero attached hydrogens (tertiary/aromatic N) is 3. The molecule has 0 aliphatic carbocycles. The first-order valence-corrected chi connectivity index (χ1v) is 10.6. The Labute approximate surface area is 164 Å². The van der Waals surface area contributed by atoms with E-state index < -0.39 is 0 Å². The van der Waals surface area contributed by atoms with Gasteiger partial charge in [-0.2, -0.15) is 0 Å². The average molecular weight is 380 g/mol. The van der Waals surface area contributed by atoms with Crippen molar-refractivity contribution in [2.45, 2.75) is 32.6 Å². The van der Waals surface area contributed by atoms with E-state index >= 15 is 0 Å². The Kier molecular flexibility index (Phi) is 5.39. The highest BCUT2D eigenvalue weighted by atomic mass is 32.1. The third kappa shape index (κ3) is 3.98. The molecule has 1 aliphatic heterocycles. The molecule has 5 heteroatoms. The number of rotatable bonds is 5. The van der Waals surface area contributed by atoms with Gasteiger partial charge < -0.3 is 9.80 Å². The zero-order valence-electron chi connectivity index (χ0n) is 15.7. The lowest BCUT2D eigenvalue weighted by Crippen LogP contribution is -2.41. The molecule has 3 aromatic rings. The van der Waals surface area contributed by atoms with E-state index in [0.717, 1.165) is 53.4 Å². The highest BCUT2D eigenvalue weighted by molar-refractivity contribution is 7.22. The van der Waals surface area contributed by atoms with Gasteiger partial charge in [-0.05, 0) is 55.5 Å². The summed E-state index contributed by atoms with van der Waals surface area (Å²) in [7, 11) is 0. The number of anilines is 2. The fraction of sp³-hybridized carbons (Fsp3) is 0.364. The number of carbonyl (C=O) groups excluding carboxylic acids is 1. The Balaban J connectivity index is 1.66. The smallest absolute Gasteiger partial charge is 0.242 e. The van der Waals surface area contributed by atoms with Crippen molar-refractivity contribution >= 4 is 38.3 Å². The van der Waals surface area contributed by atoms with E-state index in [0.29, 0.717) is 6.54 Å². The lowest BCUT2D eigenvalue weighted by Gasteiger charge is -2.30. The van der Waals surface area contributed by atoms with Crippen LogP contribution in [-0.4, -0.2) is 35.4 Å². The van der Waals surface area contributed by atoms with Crippen LogP contribution in [0.15, 0.2) is 48.5 Å². The zero-order chi connectivity index (χ0) is 18.6. The van der Waals surface area contributed by atoms with E-state index in [9.17, 15) is 4.79 Å².